The number of hydrogen-bond acceptors (Lipinski definition) is 3. The summed E-state index contributed by atoms with van der Waals surface area (Å²) in [6, 6.07) is 4.89. The summed E-state index contributed by atoms with van der Waals surface area (Å²) in [5.41, 5.74) is 6.32. The first-order valence-corrected chi connectivity index (χ1v) is 4.94. The lowest BCUT2D eigenvalue weighted by Crippen LogP contribution is -2.06. The predicted octanol–water partition coefficient (Wildman–Crippen LogP) is 2.27. The van der Waals surface area contributed by atoms with Gasteiger partial charge in [-0.1, -0.05) is 17.7 Å². The molecule has 0 fully saturated rings. The molecular weight excluding hydrogens is 225 g/mol. The Morgan fingerprint density at radius 3 is 2.71 bits per heavy atom. The highest BCUT2D eigenvalue weighted by Gasteiger charge is 2.11. The van der Waals surface area contributed by atoms with Crippen molar-refractivity contribution in [1.29, 1.82) is 0 Å². The Hall–Kier alpha value is -0.930. The van der Waals surface area contributed by atoms with Gasteiger partial charge >= 0.3 is 0 Å². The molecule has 1 aromatic carbocycles. The largest absolute Gasteiger partial charge is 0.476 e. The van der Waals surface area contributed by atoms with E-state index in [1.54, 1.807) is 18.2 Å². The lowest BCUT2D eigenvalue weighted by atomic mass is 10.1. The van der Waals surface area contributed by atoms with E-state index in [1.807, 2.05) is 0 Å². The SMILES string of the molecule is Nc1c(OCCl)cccc1C(=O)CCl. The minimum absolute atomic E-state index is 0.0112. The van der Waals surface area contributed by atoms with Crippen molar-refractivity contribution in [2.75, 3.05) is 17.7 Å². The molecule has 0 aliphatic carbocycles. The lowest BCUT2D eigenvalue weighted by molar-refractivity contribution is 0.102. The van der Waals surface area contributed by atoms with Gasteiger partial charge in [-0.2, -0.15) is 0 Å². The molecule has 3 nitrogen and oxygen atoms in total. The van der Waals surface area contributed by atoms with Crippen LogP contribution in [0, 0.1) is 0 Å². The molecule has 0 atom stereocenters. The van der Waals surface area contributed by atoms with Crippen LogP contribution in [0.3, 0.4) is 0 Å². The second-order valence-electron chi connectivity index (χ2n) is 2.53. The average molecular weight is 234 g/mol. The van der Waals surface area contributed by atoms with Crippen molar-refractivity contribution in [3.63, 3.8) is 0 Å². The fourth-order valence-corrected chi connectivity index (χ4v) is 1.31. The van der Waals surface area contributed by atoms with Gasteiger partial charge in [-0.25, -0.2) is 0 Å². The molecular formula is C9H9Cl2NO2. The third-order valence-electron chi connectivity index (χ3n) is 1.70. The summed E-state index contributed by atoms with van der Waals surface area (Å²) in [4.78, 5) is 11.3. The molecule has 0 bridgehead atoms. The van der Waals surface area contributed by atoms with Gasteiger partial charge in [0.15, 0.2) is 11.8 Å². The van der Waals surface area contributed by atoms with Gasteiger partial charge < -0.3 is 10.5 Å². The fraction of sp³-hybridized carbons (Fsp3) is 0.222. The van der Waals surface area contributed by atoms with E-state index >= 15 is 0 Å². The number of carbonyl (C=O) groups excluding carboxylic acids is 1. The number of alkyl halides is 2. The Morgan fingerprint density at radius 1 is 1.43 bits per heavy atom. The minimum Gasteiger partial charge on any atom is -0.476 e. The van der Waals surface area contributed by atoms with Gasteiger partial charge in [0.2, 0.25) is 0 Å². The molecule has 0 unspecified atom stereocenters. The second-order valence-corrected chi connectivity index (χ2v) is 3.01. The molecule has 76 valence electrons. The van der Waals surface area contributed by atoms with Gasteiger partial charge in [0.1, 0.15) is 5.75 Å². The highest BCUT2D eigenvalue weighted by molar-refractivity contribution is 6.31. The molecule has 0 amide bonds. The van der Waals surface area contributed by atoms with Gasteiger partial charge in [-0.3, -0.25) is 4.79 Å². The van der Waals surface area contributed by atoms with E-state index in [0.29, 0.717) is 11.3 Å². The molecule has 0 heterocycles. The topological polar surface area (TPSA) is 52.3 Å². The van der Waals surface area contributed by atoms with Gasteiger partial charge in [0.05, 0.1) is 11.6 Å². The second kappa shape index (κ2) is 5.08. The van der Waals surface area contributed by atoms with Gasteiger partial charge in [-0.05, 0) is 12.1 Å². The van der Waals surface area contributed by atoms with Crippen molar-refractivity contribution in [2.45, 2.75) is 0 Å². The molecule has 1 rings (SSSR count). The zero-order valence-corrected chi connectivity index (χ0v) is 8.81. The highest BCUT2D eigenvalue weighted by Crippen LogP contribution is 2.25. The zero-order chi connectivity index (χ0) is 10.6. The number of halogens is 2. The van der Waals surface area contributed by atoms with Crippen molar-refractivity contribution in [3.05, 3.63) is 23.8 Å². The van der Waals surface area contributed by atoms with Crippen LogP contribution in [0.4, 0.5) is 5.69 Å². The summed E-state index contributed by atoms with van der Waals surface area (Å²) < 4.78 is 5.02. The molecule has 0 saturated heterocycles. The van der Waals surface area contributed by atoms with E-state index in [4.69, 9.17) is 33.7 Å². The number of anilines is 1. The van der Waals surface area contributed by atoms with Crippen LogP contribution < -0.4 is 10.5 Å². The summed E-state index contributed by atoms with van der Waals surface area (Å²) in [6.07, 6.45) is 0. The lowest BCUT2D eigenvalue weighted by Gasteiger charge is -2.08. The number of ether oxygens (including phenoxy) is 1. The van der Waals surface area contributed by atoms with Crippen molar-refractivity contribution < 1.29 is 9.53 Å². The average Bonchev–Trinajstić information content (AvgIpc) is 2.20. The first-order valence-electron chi connectivity index (χ1n) is 3.87. The zero-order valence-electron chi connectivity index (χ0n) is 7.30. The number of nitrogens with two attached hydrogens (primary N) is 1. The van der Waals surface area contributed by atoms with Crippen LogP contribution in [0.15, 0.2) is 18.2 Å². The smallest absolute Gasteiger partial charge is 0.179 e. The molecule has 0 radical (unpaired) electrons. The van der Waals surface area contributed by atoms with Crippen LogP contribution in [0.25, 0.3) is 0 Å². The summed E-state index contributed by atoms with van der Waals surface area (Å²) >= 11 is 10.8. The van der Waals surface area contributed by atoms with Crippen LogP contribution in [0.5, 0.6) is 5.75 Å². The fourth-order valence-electron chi connectivity index (χ4n) is 1.04. The summed E-state index contributed by atoms with van der Waals surface area (Å²) in [5.74, 6) is 0.0642. The Labute approximate surface area is 91.7 Å². The number of ketones is 1. The Balaban J connectivity index is 3.07. The maximum atomic E-state index is 11.3. The predicted molar refractivity (Wildman–Crippen MR) is 57.3 cm³/mol. The summed E-state index contributed by atoms with van der Waals surface area (Å²) in [6.45, 7) is 0. The molecule has 0 saturated carbocycles. The number of carbonyl (C=O) groups is 1. The highest BCUT2D eigenvalue weighted by atomic mass is 35.5. The van der Waals surface area contributed by atoms with E-state index in [-0.39, 0.29) is 23.4 Å². The van der Waals surface area contributed by atoms with E-state index < -0.39 is 0 Å². The van der Waals surface area contributed by atoms with Crippen molar-refractivity contribution in [2.24, 2.45) is 0 Å². The normalized spacial score (nSPS) is 9.86. The number of hydrogen-bond donors (Lipinski definition) is 1. The maximum absolute atomic E-state index is 11.3. The number of nitrogen functional groups attached to an aromatic ring is 1. The molecule has 14 heavy (non-hydrogen) atoms. The van der Waals surface area contributed by atoms with E-state index in [1.165, 1.54) is 0 Å². The van der Waals surface area contributed by atoms with Crippen LogP contribution in [-0.2, 0) is 0 Å². The molecule has 1 aromatic rings. The standard InChI is InChI=1S/C9H9Cl2NO2/c10-4-7(13)6-2-1-3-8(9(6)12)14-5-11/h1-3H,4-5,12H2. The molecule has 0 spiro atoms. The van der Waals surface area contributed by atoms with Crippen molar-refractivity contribution in [3.8, 4) is 5.75 Å². The molecule has 0 aromatic heterocycles. The molecule has 2 N–H and O–H groups in total. The Morgan fingerprint density at radius 2 is 2.14 bits per heavy atom. The number of rotatable bonds is 4. The monoisotopic (exact) mass is 233 g/mol. The van der Waals surface area contributed by atoms with Gasteiger partial charge in [0.25, 0.3) is 0 Å². The molecule has 5 heteroatoms. The van der Waals surface area contributed by atoms with Gasteiger partial charge in [0, 0.05) is 5.56 Å². The van der Waals surface area contributed by atoms with Crippen LogP contribution in [0.1, 0.15) is 10.4 Å². The van der Waals surface area contributed by atoms with Crippen LogP contribution >= 0.6 is 23.2 Å². The third-order valence-corrected chi connectivity index (χ3v) is 2.05. The number of benzene rings is 1. The summed E-state index contributed by atoms with van der Waals surface area (Å²) in [5, 5.41) is 0. The molecule has 0 aliphatic heterocycles. The van der Waals surface area contributed by atoms with E-state index in [0.717, 1.165) is 0 Å². The van der Waals surface area contributed by atoms with E-state index in [2.05, 4.69) is 0 Å². The van der Waals surface area contributed by atoms with Crippen molar-refractivity contribution in [1.82, 2.24) is 0 Å². The Kier molecular flexibility index (Phi) is 4.04. The van der Waals surface area contributed by atoms with E-state index in [9.17, 15) is 4.79 Å². The molecule has 0 aliphatic rings. The maximum Gasteiger partial charge on any atom is 0.179 e. The number of Topliss-reactive ketones (excluding diaryl/α,β-unsaturated/α-hetero) is 1. The first-order chi connectivity index (χ1) is 6.70. The first kappa shape index (κ1) is 11.1. The van der Waals surface area contributed by atoms with Crippen LogP contribution in [-0.4, -0.2) is 17.7 Å². The number of para-hydroxylation sites is 1. The van der Waals surface area contributed by atoms with Crippen LogP contribution in [0.2, 0.25) is 0 Å². The Bertz CT molecular complexity index is 342. The minimum atomic E-state index is -0.232. The third kappa shape index (κ3) is 2.30. The summed E-state index contributed by atoms with van der Waals surface area (Å²) in [7, 11) is 0. The van der Waals surface area contributed by atoms with Gasteiger partial charge in [-0.15, -0.1) is 11.6 Å². The van der Waals surface area contributed by atoms with Crippen molar-refractivity contribution >= 4 is 34.7 Å². The quantitative estimate of drug-likeness (QED) is 0.494.